The summed E-state index contributed by atoms with van der Waals surface area (Å²) in [5.74, 6) is 0.237. The highest BCUT2D eigenvalue weighted by molar-refractivity contribution is 7.27. The molecule has 0 saturated carbocycles. The second kappa shape index (κ2) is 5.11. The van der Waals surface area contributed by atoms with Crippen LogP contribution in [0.4, 0.5) is 11.4 Å². The van der Waals surface area contributed by atoms with E-state index in [1.807, 2.05) is 17.5 Å². The van der Waals surface area contributed by atoms with E-state index in [1.165, 1.54) is 11.3 Å². The van der Waals surface area contributed by atoms with Gasteiger partial charge in [-0.25, -0.2) is 0 Å². The highest BCUT2D eigenvalue weighted by Gasteiger charge is 2.17. The molecule has 1 aliphatic rings. The van der Waals surface area contributed by atoms with Gasteiger partial charge >= 0.3 is 0 Å². The summed E-state index contributed by atoms with van der Waals surface area (Å²) in [5, 5.41) is 7.58. The van der Waals surface area contributed by atoms with Crippen molar-refractivity contribution in [3.63, 3.8) is 0 Å². The van der Waals surface area contributed by atoms with Crippen LogP contribution in [0, 0.1) is 0 Å². The van der Waals surface area contributed by atoms with Gasteiger partial charge in [0.1, 0.15) is 5.75 Å². The quantitative estimate of drug-likeness (QED) is 0.755. The average Bonchev–Trinajstić information content (AvgIpc) is 3.08. The summed E-state index contributed by atoms with van der Waals surface area (Å²) in [4.78, 5) is 24.2. The number of hydrogen-bond acceptors (Lipinski definition) is 5. The molecule has 3 aromatic rings. The maximum Gasteiger partial charge on any atom is 0.265 e. The van der Waals surface area contributed by atoms with Crippen LogP contribution in [0.1, 0.15) is 9.67 Å². The Morgan fingerprint density at radius 3 is 3.00 bits per heavy atom. The molecule has 0 unspecified atom stereocenters. The van der Waals surface area contributed by atoms with Gasteiger partial charge in [-0.3, -0.25) is 9.59 Å². The molecule has 0 aliphatic carbocycles. The smallest absolute Gasteiger partial charge is 0.265 e. The van der Waals surface area contributed by atoms with Crippen LogP contribution in [0.2, 0.25) is 0 Å². The van der Waals surface area contributed by atoms with E-state index in [0.29, 0.717) is 22.0 Å². The number of benzene rings is 1. The van der Waals surface area contributed by atoms with Crippen LogP contribution in [0.3, 0.4) is 0 Å². The first-order valence-electron chi connectivity index (χ1n) is 6.54. The molecular formula is C15H10N2O3S2. The fourth-order valence-electron chi connectivity index (χ4n) is 2.22. The Hall–Kier alpha value is -2.38. The Morgan fingerprint density at radius 1 is 1.23 bits per heavy atom. The third kappa shape index (κ3) is 2.34. The molecule has 110 valence electrons. The molecule has 2 N–H and O–H groups in total. The van der Waals surface area contributed by atoms with Crippen LogP contribution in [-0.4, -0.2) is 18.4 Å². The fourth-order valence-corrected chi connectivity index (χ4v) is 4.23. The number of ether oxygens (including phenoxy) is 1. The maximum absolute atomic E-state index is 12.3. The van der Waals surface area contributed by atoms with Gasteiger partial charge in [-0.1, -0.05) is 0 Å². The van der Waals surface area contributed by atoms with Crippen LogP contribution >= 0.6 is 22.7 Å². The lowest BCUT2D eigenvalue weighted by Crippen LogP contribution is -2.25. The van der Waals surface area contributed by atoms with E-state index in [2.05, 4.69) is 10.6 Å². The van der Waals surface area contributed by atoms with E-state index in [4.69, 9.17) is 4.74 Å². The molecule has 0 bridgehead atoms. The molecule has 2 aromatic heterocycles. The van der Waals surface area contributed by atoms with Gasteiger partial charge < -0.3 is 15.4 Å². The zero-order valence-electron chi connectivity index (χ0n) is 11.2. The molecule has 0 fully saturated rings. The van der Waals surface area contributed by atoms with E-state index in [9.17, 15) is 9.59 Å². The molecule has 7 heteroatoms. The van der Waals surface area contributed by atoms with Crippen molar-refractivity contribution in [3.8, 4) is 5.75 Å². The number of thiophene rings is 2. The minimum atomic E-state index is -0.178. The lowest BCUT2D eigenvalue weighted by molar-refractivity contribution is -0.118. The summed E-state index contributed by atoms with van der Waals surface area (Å²) < 4.78 is 7.57. The average molecular weight is 330 g/mol. The van der Waals surface area contributed by atoms with Crippen molar-refractivity contribution in [2.45, 2.75) is 0 Å². The molecule has 3 heterocycles. The maximum atomic E-state index is 12.3. The van der Waals surface area contributed by atoms with Crippen LogP contribution in [0.25, 0.3) is 9.40 Å². The Labute approximate surface area is 133 Å². The second-order valence-electron chi connectivity index (χ2n) is 4.76. The number of anilines is 2. The molecule has 5 nitrogen and oxygen atoms in total. The lowest BCUT2D eigenvalue weighted by Gasteiger charge is -2.18. The second-order valence-corrected chi connectivity index (χ2v) is 6.79. The number of carbonyl (C=O) groups is 2. The van der Waals surface area contributed by atoms with E-state index < -0.39 is 0 Å². The van der Waals surface area contributed by atoms with E-state index in [1.54, 1.807) is 29.5 Å². The number of nitrogens with one attached hydrogen (secondary N) is 2. The number of rotatable bonds is 2. The molecule has 4 rings (SSSR count). The molecule has 1 aliphatic heterocycles. The zero-order chi connectivity index (χ0) is 15.1. The summed E-state index contributed by atoms with van der Waals surface area (Å²) >= 11 is 3.09. The molecule has 2 amide bonds. The van der Waals surface area contributed by atoms with Crippen LogP contribution in [0.15, 0.2) is 35.7 Å². The molecule has 0 radical (unpaired) electrons. The van der Waals surface area contributed by atoms with Crippen molar-refractivity contribution in [2.75, 3.05) is 17.2 Å². The van der Waals surface area contributed by atoms with Gasteiger partial charge in [-0.05, 0) is 29.6 Å². The molecule has 22 heavy (non-hydrogen) atoms. The summed E-state index contributed by atoms with van der Waals surface area (Å²) in [6.07, 6.45) is 0. The molecule has 0 saturated heterocycles. The van der Waals surface area contributed by atoms with Crippen LogP contribution in [0.5, 0.6) is 5.75 Å². The summed E-state index contributed by atoms with van der Waals surface area (Å²) in [7, 11) is 0. The van der Waals surface area contributed by atoms with Crippen LogP contribution in [-0.2, 0) is 4.79 Å². The highest BCUT2D eigenvalue weighted by Crippen LogP contribution is 2.32. The molecule has 1 aromatic carbocycles. The minimum Gasteiger partial charge on any atom is -0.482 e. The SMILES string of the molecule is O=C1COc2cc(NC(=O)c3cc4sccc4s3)ccc2N1. The number of fused-ring (bicyclic) bond motifs is 2. The first-order chi connectivity index (χ1) is 10.7. The first kappa shape index (κ1) is 13.3. The number of carbonyl (C=O) groups excluding carboxylic acids is 2. The Morgan fingerprint density at radius 2 is 2.14 bits per heavy atom. The van der Waals surface area contributed by atoms with Crippen molar-refractivity contribution in [1.82, 2.24) is 0 Å². The monoisotopic (exact) mass is 330 g/mol. The van der Waals surface area contributed by atoms with E-state index >= 15 is 0 Å². The van der Waals surface area contributed by atoms with Gasteiger partial charge in [-0.15, -0.1) is 22.7 Å². The Kier molecular flexibility index (Phi) is 3.09. The summed E-state index contributed by atoms with van der Waals surface area (Å²) in [6, 6.07) is 9.07. The van der Waals surface area contributed by atoms with Crippen molar-refractivity contribution < 1.29 is 14.3 Å². The van der Waals surface area contributed by atoms with Crippen LogP contribution < -0.4 is 15.4 Å². The standard InChI is InChI=1S/C15H10N2O3S2/c18-14-7-20-10-5-8(1-2-9(10)17-14)16-15(19)13-6-12-11(22-13)3-4-21-12/h1-6H,7H2,(H,16,19)(H,17,18). The molecular weight excluding hydrogens is 320 g/mol. The van der Waals surface area contributed by atoms with Gasteiger partial charge in [0.25, 0.3) is 11.8 Å². The fraction of sp³-hybridized carbons (Fsp3) is 0.0667. The molecule has 0 spiro atoms. The Balaban J connectivity index is 1.56. The van der Waals surface area contributed by atoms with Crippen molar-refractivity contribution in [2.24, 2.45) is 0 Å². The van der Waals surface area contributed by atoms with Gasteiger partial charge in [0.15, 0.2) is 6.61 Å². The molecule has 0 atom stereocenters. The topological polar surface area (TPSA) is 67.4 Å². The summed E-state index contributed by atoms with van der Waals surface area (Å²) in [5.41, 5.74) is 1.25. The Bertz CT molecular complexity index is 869. The normalized spacial score (nSPS) is 13.4. The number of amides is 2. The number of hydrogen-bond donors (Lipinski definition) is 2. The van der Waals surface area contributed by atoms with Crippen molar-refractivity contribution in [1.29, 1.82) is 0 Å². The zero-order valence-corrected chi connectivity index (χ0v) is 12.8. The van der Waals surface area contributed by atoms with E-state index in [0.717, 1.165) is 9.40 Å². The third-order valence-corrected chi connectivity index (χ3v) is 5.33. The predicted octanol–water partition coefficient (Wildman–Crippen LogP) is 3.55. The first-order valence-corrected chi connectivity index (χ1v) is 8.24. The minimum absolute atomic E-state index is 0.00833. The van der Waals surface area contributed by atoms with Gasteiger partial charge in [-0.2, -0.15) is 0 Å². The lowest BCUT2D eigenvalue weighted by atomic mass is 10.2. The van der Waals surface area contributed by atoms with Gasteiger partial charge in [0.2, 0.25) is 0 Å². The van der Waals surface area contributed by atoms with Crippen molar-refractivity contribution >= 4 is 55.3 Å². The summed E-state index contributed by atoms with van der Waals surface area (Å²) in [6.45, 7) is -0.00833. The van der Waals surface area contributed by atoms with Gasteiger partial charge in [0.05, 0.1) is 10.6 Å². The predicted molar refractivity (Wildman–Crippen MR) is 88.2 cm³/mol. The highest BCUT2D eigenvalue weighted by atomic mass is 32.1. The van der Waals surface area contributed by atoms with E-state index in [-0.39, 0.29) is 18.4 Å². The largest absolute Gasteiger partial charge is 0.482 e. The third-order valence-electron chi connectivity index (χ3n) is 3.24. The van der Waals surface area contributed by atoms with Gasteiger partial charge in [0, 0.05) is 21.2 Å². The van der Waals surface area contributed by atoms with Crippen molar-refractivity contribution in [3.05, 3.63) is 40.6 Å².